The highest BCUT2D eigenvalue weighted by atomic mass is 32.2. The summed E-state index contributed by atoms with van der Waals surface area (Å²) >= 11 is 1.33. The van der Waals surface area contributed by atoms with E-state index in [-0.39, 0.29) is 11.4 Å². The summed E-state index contributed by atoms with van der Waals surface area (Å²) in [7, 11) is 0. The van der Waals surface area contributed by atoms with E-state index < -0.39 is 5.91 Å². The molecule has 7 nitrogen and oxygen atoms in total. The molecule has 152 valence electrons. The van der Waals surface area contributed by atoms with Crippen LogP contribution in [0.2, 0.25) is 0 Å². The highest BCUT2D eigenvalue weighted by Gasteiger charge is 2.34. The number of amidine groups is 2. The monoisotopic (exact) mass is 420 g/mol. The Hall–Kier alpha value is -3.39. The highest BCUT2D eigenvalue weighted by molar-refractivity contribution is 8.26. The number of hydrogen-bond donors (Lipinski definition) is 1. The Morgan fingerprint density at radius 2 is 1.70 bits per heavy atom. The minimum absolute atomic E-state index is 0.0411. The first-order valence-electron chi connectivity index (χ1n) is 9.54. The third-order valence-electron chi connectivity index (χ3n) is 4.35. The van der Waals surface area contributed by atoms with Crippen molar-refractivity contribution >= 4 is 39.8 Å². The highest BCUT2D eigenvalue weighted by Crippen LogP contribution is 2.29. The molecule has 1 N–H and O–H groups in total. The predicted molar refractivity (Wildman–Crippen MR) is 119 cm³/mol. The number of para-hydroxylation sites is 1. The zero-order valence-corrected chi connectivity index (χ0v) is 17.2. The van der Waals surface area contributed by atoms with Crippen molar-refractivity contribution in [2.45, 2.75) is 13.3 Å². The van der Waals surface area contributed by atoms with E-state index in [2.05, 4.69) is 10.1 Å². The fourth-order valence-corrected chi connectivity index (χ4v) is 3.66. The summed E-state index contributed by atoms with van der Waals surface area (Å²) < 4.78 is 11.3. The number of carbonyl (C=O) groups excluding carboxylic acids is 1. The van der Waals surface area contributed by atoms with Crippen molar-refractivity contribution in [3.8, 4) is 11.5 Å². The van der Waals surface area contributed by atoms with Gasteiger partial charge in [-0.05, 0) is 54.1 Å². The van der Waals surface area contributed by atoms with Crippen LogP contribution in [0.15, 0.2) is 70.3 Å². The first-order valence-corrected chi connectivity index (χ1v) is 10.4. The van der Waals surface area contributed by atoms with Crippen molar-refractivity contribution in [2.24, 2.45) is 10.1 Å². The largest absolute Gasteiger partial charge is 0.490 e. The van der Waals surface area contributed by atoms with E-state index in [1.807, 2.05) is 61.5 Å². The number of amides is 1. The van der Waals surface area contributed by atoms with Crippen molar-refractivity contribution in [1.29, 1.82) is 5.41 Å². The van der Waals surface area contributed by atoms with Crippen molar-refractivity contribution in [3.05, 3.63) is 65.7 Å². The minimum atomic E-state index is -0.426. The van der Waals surface area contributed by atoms with Crippen LogP contribution in [0.5, 0.6) is 11.5 Å². The lowest BCUT2D eigenvalue weighted by Crippen LogP contribution is -2.35. The van der Waals surface area contributed by atoms with Crippen molar-refractivity contribution in [1.82, 2.24) is 5.01 Å². The summed E-state index contributed by atoms with van der Waals surface area (Å²) in [6, 6.07) is 16.9. The van der Waals surface area contributed by atoms with Gasteiger partial charge in [0.2, 0.25) is 5.17 Å². The number of benzene rings is 2. The second-order valence-electron chi connectivity index (χ2n) is 6.45. The molecule has 0 bridgehead atoms. The van der Waals surface area contributed by atoms with Crippen LogP contribution in [0.4, 0.5) is 0 Å². The smallest absolute Gasteiger partial charge is 0.283 e. The number of rotatable bonds is 7. The zero-order valence-electron chi connectivity index (χ0n) is 16.4. The number of aliphatic imine (C=N–C) groups is 1. The third-order valence-corrected chi connectivity index (χ3v) is 5.41. The zero-order chi connectivity index (χ0) is 20.9. The normalized spacial score (nSPS) is 17.0. The van der Waals surface area contributed by atoms with Crippen LogP contribution in [0.1, 0.15) is 18.9 Å². The molecule has 30 heavy (non-hydrogen) atoms. The molecule has 0 aromatic heterocycles. The fourth-order valence-electron chi connectivity index (χ4n) is 2.84. The first kappa shape index (κ1) is 19.9. The molecule has 8 heteroatoms. The molecule has 2 aliphatic rings. The van der Waals surface area contributed by atoms with Crippen molar-refractivity contribution in [3.63, 3.8) is 0 Å². The van der Waals surface area contributed by atoms with Crippen LogP contribution in [0, 0.1) is 5.41 Å². The molecule has 2 heterocycles. The number of nitrogens with zero attached hydrogens (tertiary/aromatic N) is 3. The molecular weight excluding hydrogens is 400 g/mol. The second kappa shape index (κ2) is 8.96. The molecule has 0 spiro atoms. The van der Waals surface area contributed by atoms with Crippen LogP contribution >= 0.6 is 11.8 Å². The maximum Gasteiger partial charge on any atom is 0.283 e. The maximum atomic E-state index is 12.4. The molecule has 2 aromatic carbocycles. The molecule has 0 fully saturated rings. The van der Waals surface area contributed by atoms with Gasteiger partial charge in [-0.25, -0.2) is 0 Å². The van der Waals surface area contributed by atoms with Gasteiger partial charge in [0.1, 0.15) is 29.8 Å². The van der Waals surface area contributed by atoms with Crippen LogP contribution in [-0.4, -0.2) is 40.2 Å². The predicted octanol–water partition coefficient (Wildman–Crippen LogP) is 4.17. The molecular formula is C22H20N4O3S. The Labute approximate surface area is 178 Å². The van der Waals surface area contributed by atoms with Crippen LogP contribution in [0.25, 0.3) is 6.08 Å². The van der Waals surface area contributed by atoms with Gasteiger partial charge in [-0.15, -0.1) is 0 Å². The Kier molecular flexibility index (Phi) is 5.94. The molecule has 0 atom stereocenters. The average Bonchev–Trinajstić information content (AvgIpc) is 3.19. The van der Waals surface area contributed by atoms with E-state index in [1.54, 1.807) is 6.08 Å². The summed E-state index contributed by atoms with van der Waals surface area (Å²) in [5.74, 6) is 1.12. The van der Waals surface area contributed by atoms with Gasteiger partial charge in [0.15, 0.2) is 5.84 Å². The van der Waals surface area contributed by atoms with Gasteiger partial charge in [0, 0.05) is 0 Å². The average molecular weight is 420 g/mol. The van der Waals surface area contributed by atoms with Crippen LogP contribution in [-0.2, 0) is 4.79 Å². The topological polar surface area (TPSA) is 87.3 Å². The molecule has 2 aromatic rings. The summed E-state index contributed by atoms with van der Waals surface area (Å²) in [5.41, 5.74) is 0.992. The van der Waals surface area contributed by atoms with E-state index in [9.17, 15) is 4.79 Å². The summed E-state index contributed by atoms with van der Waals surface area (Å²) in [5, 5.41) is 15.4. The molecule has 0 radical (unpaired) electrons. The quantitative estimate of drug-likeness (QED) is 0.536. The van der Waals surface area contributed by atoms with Gasteiger partial charge < -0.3 is 9.47 Å². The number of thioether (sulfide) groups is 1. The Bertz CT molecular complexity index is 1050. The number of hydrogen-bond acceptors (Lipinski definition) is 6. The van der Waals surface area contributed by atoms with Gasteiger partial charge in [-0.3, -0.25) is 10.2 Å². The summed E-state index contributed by atoms with van der Waals surface area (Å²) in [6.45, 7) is 2.83. The second-order valence-corrected chi connectivity index (χ2v) is 7.49. The van der Waals surface area contributed by atoms with Gasteiger partial charge in [0.25, 0.3) is 5.91 Å². The number of hydrazone groups is 1. The third kappa shape index (κ3) is 4.44. The number of fused-ring (bicyclic) bond motifs is 1. The molecule has 1 amide bonds. The van der Waals surface area contributed by atoms with E-state index in [4.69, 9.17) is 14.9 Å². The van der Waals surface area contributed by atoms with E-state index in [0.29, 0.717) is 24.1 Å². The van der Waals surface area contributed by atoms with Gasteiger partial charge in [-0.2, -0.15) is 15.1 Å². The number of ether oxygens (including phenoxy) is 2. The molecule has 0 saturated heterocycles. The molecule has 2 aliphatic heterocycles. The van der Waals surface area contributed by atoms with Crippen LogP contribution in [0.3, 0.4) is 0 Å². The fraction of sp³-hybridized carbons (Fsp3) is 0.182. The Balaban J connectivity index is 1.37. The van der Waals surface area contributed by atoms with E-state index in [0.717, 1.165) is 22.8 Å². The Morgan fingerprint density at radius 3 is 2.37 bits per heavy atom. The van der Waals surface area contributed by atoms with E-state index >= 15 is 0 Å². The molecule has 0 saturated carbocycles. The van der Waals surface area contributed by atoms with E-state index in [1.165, 1.54) is 16.8 Å². The molecule has 4 rings (SSSR count). The molecule has 0 unspecified atom stereocenters. The maximum absolute atomic E-state index is 12.4. The number of carbonyl (C=O) groups is 1. The SMILES string of the molecule is CCC1=NN2C(=N)/C(=C\c3ccc(OCCOc4ccccc4)cc3)C(=O)N=C2S1. The lowest BCUT2D eigenvalue weighted by molar-refractivity contribution is -0.114. The minimum Gasteiger partial charge on any atom is -0.490 e. The standard InChI is InChI=1S/C22H20N4O3S/c1-2-19-25-26-20(23)18(21(27)24-22(26)30-19)14-15-8-10-17(11-9-15)29-13-12-28-16-6-4-3-5-7-16/h3-11,14,23H,2,12-13H2,1H3/b18-14+,23-20?. The van der Waals surface area contributed by atoms with Gasteiger partial charge >= 0.3 is 0 Å². The summed E-state index contributed by atoms with van der Waals surface area (Å²) in [4.78, 5) is 16.4. The molecule has 0 aliphatic carbocycles. The first-order chi connectivity index (χ1) is 14.6. The lowest BCUT2D eigenvalue weighted by atomic mass is 10.1. The van der Waals surface area contributed by atoms with Gasteiger partial charge in [0.05, 0.1) is 5.57 Å². The van der Waals surface area contributed by atoms with Crippen LogP contribution < -0.4 is 9.47 Å². The summed E-state index contributed by atoms with van der Waals surface area (Å²) in [6.07, 6.45) is 2.38. The lowest BCUT2D eigenvalue weighted by Gasteiger charge is -2.20. The Morgan fingerprint density at radius 1 is 1.03 bits per heavy atom. The number of nitrogens with one attached hydrogen (secondary N) is 1. The van der Waals surface area contributed by atoms with Crippen molar-refractivity contribution in [2.75, 3.05) is 13.2 Å². The van der Waals surface area contributed by atoms with Gasteiger partial charge in [-0.1, -0.05) is 37.3 Å². The van der Waals surface area contributed by atoms with Crippen molar-refractivity contribution < 1.29 is 14.3 Å².